The summed E-state index contributed by atoms with van der Waals surface area (Å²) in [5.74, 6) is -0.549. The molecule has 146 valence electrons. The molecule has 0 radical (unpaired) electrons. The predicted molar refractivity (Wildman–Crippen MR) is 96.8 cm³/mol. The van der Waals surface area contributed by atoms with E-state index in [1.54, 1.807) is 19.1 Å². The van der Waals surface area contributed by atoms with Crippen LogP contribution in [0, 0.1) is 11.7 Å². The number of rotatable bonds is 8. The van der Waals surface area contributed by atoms with Crippen molar-refractivity contribution >= 4 is 23.7 Å². The molecule has 0 bridgehead atoms. The smallest absolute Gasteiger partial charge is 0.321 e. The lowest BCUT2D eigenvalue weighted by molar-refractivity contribution is -0.117. The Balaban J connectivity index is 1.80. The summed E-state index contributed by atoms with van der Waals surface area (Å²) in [7, 11) is 0. The normalized spacial score (nSPS) is 11.9. The fraction of sp³-hybridized carbons (Fsp3) is 0.412. The summed E-state index contributed by atoms with van der Waals surface area (Å²) in [6.45, 7) is 6.00. The molecule has 0 unspecified atom stereocenters. The van der Waals surface area contributed by atoms with Gasteiger partial charge in [0.2, 0.25) is 5.91 Å². The van der Waals surface area contributed by atoms with E-state index >= 15 is 0 Å². The van der Waals surface area contributed by atoms with Crippen LogP contribution in [0.25, 0.3) is 0 Å². The summed E-state index contributed by atoms with van der Waals surface area (Å²) in [4.78, 5) is 23.3. The molecule has 2 rings (SSSR count). The van der Waals surface area contributed by atoms with Crippen LogP contribution in [0.4, 0.5) is 9.18 Å². The maximum absolute atomic E-state index is 13.6. The Morgan fingerprint density at radius 2 is 2.00 bits per heavy atom. The fourth-order valence-corrected chi connectivity index (χ4v) is 2.42. The van der Waals surface area contributed by atoms with Crippen LogP contribution in [-0.4, -0.2) is 34.4 Å². The van der Waals surface area contributed by atoms with Crippen LogP contribution >= 0.6 is 11.8 Å². The zero-order valence-corrected chi connectivity index (χ0v) is 16.0. The molecule has 2 N–H and O–H groups in total. The van der Waals surface area contributed by atoms with Gasteiger partial charge in [-0.25, -0.2) is 9.18 Å². The number of benzene rings is 1. The van der Waals surface area contributed by atoms with Crippen molar-refractivity contribution in [1.82, 2.24) is 20.8 Å². The van der Waals surface area contributed by atoms with E-state index in [2.05, 4.69) is 20.8 Å². The van der Waals surface area contributed by atoms with Gasteiger partial charge in [0, 0.05) is 6.54 Å². The zero-order valence-electron chi connectivity index (χ0n) is 15.2. The number of thioether (sulfide) groups is 1. The van der Waals surface area contributed by atoms with Crippen LogP contribution in [0.2, 0.25) is 0 Å². The Hall–Kier alpha value is -2.62. The van der Waals surface area contributed by atoms with Crippen LogP contribution in [0.5, 0.6) is 5.75 Å². The van der Waals surface area contributed by atoms with E-state index in [0.717, 1.165) is 11.8 Å². The summed E-state index contributed by atoms with van der Waals surface area (Å²) >= 11 is 0.981. The lowest BCUT2D eigenvalue weighted by Crippen LogP contribution is -2.41. The van der Waals surface area contributed by atoms with Gasteiger partial charge in [0.05, 0.1) is 5.75 Å². The third kappa shape index (κ3) is 6.89. The molecule has 8 nitrogen and oxygen atoms in total. The molecule has 1 atom stereocenters. The summed E-state index contributed by atoms with van der Waals surface area (Å²) in [5.41, 5.74) is 0. The second-order valence-corrected chi connectivity index (χ2v) is 6.96. The molecule has 1 aromatic carbocycles. The van der Waals surface area contributed by atoms with Crippen molar-refractivity contribution in [3.8, 4) is 5.75 Å². The molecule has 0 saturated heterocycles. The zero-order chi connectivity index (χ0) is 19.8. The first-order valence-electron chi connectivity index (χ1n) is 8.30. The number of nitrogens with zero attached hydrogens (tertiary/aromatic N) is 2. The average Bonchev–Trinajstić information content (AvgIpc) is 3.09. The van der Waals surface area contributed by atoms with E-state index in [9.17, 15) is 14.0 Å². The van der Waals surface area contributed by atoms with Gasteiger partial charge in [-0.15, -0.1) is 10.2 Å². The van der Waals surface area contributed by atoms with E-state index in [1.807, 2.05) is 13.8 Å². The summed E-state index contributed by atoms with van der Waals surface area (Å²) in [5, 5.41) is 12.6. The van der Waals surface area contributed by atoms with Gasteiger partial charge in [-0.2, -0.15) is 0 Å². The molecule has 0 aliphatic heterocycles. The van der Waals surface area contributed by atoms with E-state index in [4.69, 9.17) is 9.15 Å². The molecular formula is C17H21FN4O4S. The summed E-state index contributed by atoms with van der Waals surface area (Å²) < 4.78 is 24.5. The van der Waals surface area contributed by atoms with Crippen LogP contribution in [0.15, 0.2) is 33.9 Å². The number of hydrogen-bond donors (Lipinski definition) is 2. The topological polar surface area (TPSA) is 106 Å². The molecule has 1 heterocycles. The number of para-hydroxylation sites is 1. The van der Waals surface area contributed by atoms with Gasteiger partial charge >= 0.3 is 6.03 Å². The van der Waals surface area contributed by atoms with Gasteiger partial charge in [-0.05, 0) is 25.0 Å². The SMILES string of the molecule is CC(C)CNC(=O)NC(=O)CSc1nnc([C@@H](C)Oc2ccccc2F)o1. The van der Waals surface area contributed by atoms with Gasteiger partial charge in [-0.3, -0.25) is 10.1 Å². The van der Waals surface area contributed by atoms with Crippen molar-refractivity contribution < 1.29 is 23.1 Å². The van der Waals surface area contributed by atoms with Gasteiger partial charge in [0.1, 0.15) is 0 Å². The summed E-state index contributed by atoms with van der Waals surface area (Å²) in [6, 6.07) is 5.44. The molecule has 0 saturated carbocycles. The Kier molecular flexibility index (Phi) is 7.59. The van der Waals surface area contributed by atoms with Crippen LogP contribution in [0.1, 0.15) is 32.8 Å². The van der Waals surface area contributed by atoms with E-state index in [1.165, 1.54) is 12.1 Å². The third-order valence-corrected chi connectivity index (χ3v) is 3.98. The van der Waals surface area contributed by atoms with Gasteiger partial charge in [0.15, 0.2) is 17.7 Å². The highest BCUT2D eigenvalue weighted by Gasteiger charge is 2.18. The monoisotopic (exact) mass is 396 g/mol. The first kappa shape index (κ1) is 20.7. The largest absolute Gasteiger partial charge is 0.478 e. The molecule has 1 aromatic heterocycles. The minimum absolute atomic E-state index is 0.0702. The lowest BCUT2D eigenvalue weighted by atomic mass is 10.2. The molecular weight excluding hydrogens is 375 g/mol. The minimum atomic E-state index is -0.667. The molecule has 10 heteroatoms. The number of ether oxygens (including phenoxy) is 1. The molecule has 27 heavy (non-hydrogen) atoms. The molecule has 2 aromatic rings. The maximum Gasteiger partial charge on any atom is 0.321 e. The predicted octanol–water partition coefficient (Wildman–Crippen LogP) is 2.92. The lowest BCUT2D eigenvalue weighted by Gasteiger charge is -2.11. The Morgan fingerprint density at radius 1 is 1.26 bits per heavy atom. The average molecular weight is 396 g/mol. The van der Waals surface area contributed by atoms with Crippen molar-refractivity contribution in [3.63, 3.8) is 0 Å². The van der Waals surface area contributed by atoms with Crippen molar-refractivity contribution in [2.45, 2.75) is 32.1 Å². The number of urea groups is 1. The number of nitrogens with one attached hydrogen (secondary N) is 2. The first-order valence-corrected chi connectivity index (χ1v) is 9.28. The van der Waals surface area contributed by atoms with Crippen LogP contribution in [-0.2, 0) is 4.79 Å². The first-order chi connectivity index (χ1) is 12.8. The van der Waals surface area contributed by atoms with Gasteiger partial charge in [-0.1, -0.05) is 37.7 Å². The molecule has 0 aliphatic carbocycles. The van der Waals surface area contributed by atoms with Crippen LogP contribution < -0.4 is 15.4 Å². The second-order valence-electron chi connectivity index (χ2n) is 6.04. The van der Waals surface area contributed by atoms with Crippen LogP contribution in [0.3, 0.4) is 0 Å². The van der Waals surface area contributed by atoms with Gasteiger partial charge < -0.3 is 14.5 Å². The van der Waals surface area contributed by atoms with Crippen molar-refractivity contribution in [2.24, 2.45) is 5.92 Å². The summed E-state index contributed by atoms with van der Waals surface area (Å²) in [6.07, 6.45) is -0.667. The molecule has 0 aliphatic rings. The fourth-order valence-electron chi connectivity index (χ4n) is 1.86. The van der Waals surface area contributed by atoms with Crippen molar-refractivity contribution in [2.75, 3.05) is 12.3 Å². The number of aromatic nitrogens is 2. The van der Waals surface area contributed by atoms with Gasteiger partial charge in [0.25, 0.3) is 11.1 Å². The Morgan fingerprint density at radius 3 is 2.70 bits per heavy atom. The standard InChI is InChI=1S/C17H21FN4O4S/c1-10(2)8-19-16(24)20-14(23)9-27-17-22-21-15(26-17)11(3)25-13-7-5-4-6-12(13)18/h4-7,10-11H,8-9H2,1-3H3,(H2,19,20,23,24)/t11-/m1/s1. The third-order valence-electron chi connectivity index (χ3n) is 3.16. The van der Waals surface area contributed by atoms with Crippen molar-refractivity contribution in [1.29, 1.82) is 0 Å². The highest BCUT2D eigenvalue weighted by atomic mass is 32.2. The van der Waals surface area contributed by atoms with E-state index < -0.39 is 23.9 Å². The Bertz CT molecular complexity index is 784. The molecule has 0 spiro atoms. The number of hydrogen-bond acceptors (Lipinski definition) is 7. The minimum Gasteiger partial charge on any atom is -0.478 e. The number of carbonyl (C=O) groups excluding carboxylic acids is 2. The highest BCUT2D eigenvalue weighted by Crippen LogP contribution is 2.25. The number of carbonyl (C=O) groups is 2. The number of halogens is 1. The Labute approximate surface area is 160 Å². The van der Waals surface area contributed by atoms with Crippen molar-refractivity contribution in [3.05, 3.63) is 36.0 Å². The molecule has 0 fully saturated rings. The van der Waals surface area contributed by atoms with E-state index in [0.29, 0.717) is 6.54 Å². The maximum atomic E-state index is 13.6. The highest BCUT2D eigenvalue weighted by molar-refractivity contribution is 7.99. The number of imide groups is 1. The van der Waals surface area contributed by atoms with E-state index in [-0.39, 0.29) is 28.5 Å². The second kappa shape index (κ2) is 9.91. The quantitative estimate of drug-likeness (QED) is 0.661. The number of amides is 3. The molecule has 3 amide bonds.